The van der Waals surface area contributed by atoms with Gasteiger partial charge in [-0.05, 0) is 30.9 Å². The number of hydrogen-bond donors (Lipinski definition) is 1. The van der Waals surface area contributed by atoms with Crippen LogP contribution < -0.4 is 5.32 Å². The van der Waals surface area contributed by atoms with Crippen LogP contribution in [0.4, 0.5) is 5.69 Å². The number of hydrogen-bond acceptors (Lipinski definition) is 3. The summed E-state index contributed by atoms with van der Waals surface area (Å²) >= 11 is 0. The Bertz CT molecular complexity index is 510. The predicted molar refractivity (Wildman–Crippen MR) is 74.6 cm³/mol. The molecule has 1 aromatic carbocycles. The standard InChI is InChI=1S/C14H21NO2S/c1-3-7-11-10-13(11)15-12-8-5-6-9-14(12)18(16,17)4-2/h5-6,8-9,11,13,15H,3-4,7,10H2,1-2H3. The highest BCUT2D eigenvalue weighted by Gasteiger charge is 2.36. The van der Waals surface area contributed by atoms with E-state index in [0.717, 1.165) is 12.1 Å². The fourth-order valence-electron chi connectivity index (χ4n) is 2.33. The van der Waals surface area contributed by atoms with Crippen LogP contribution in [-0.2, 0) is 9.84 Å². The molecule has 1 fully saturated rings. The molecule has 0 saturated heterocycles. The highest BCUT2D eigenvalue weighted by molar-refractivity contribution is 7.91. The van der Waals surface area contributed by atoms with Gasteiger partial charge in [0.1, 0.15) is 0 Å². The largest absolute Gasteiger partial charge is 0.381 e. The average Bonchev–Trinajstić information content (AvgIpc) is 3.08. The van der Waals surface area contributed by atoms with Gasteiger partial charge in [0.15, 0.2) is 9.84 Å². The van der Waals surface area contributed by atoms with Crippen molar-refractivity contribution in [3.05, 3.63) is 24.3 Å². The molecule has 0 aromatic heterocycles. The third-order valence-corrected chi connectivity index (χ3v) is 5.31. The van der Waals surface area contributed by atoms with Crippen molar-refractivity contribution in [3.8, 4) is 0 Å². The lowest BCUT2D eigenvalue weighted by Gasteiger charge is -2.11. The maximum Gasteiger partial charge on any atom is 0.180 e. The minimum atomic E-state index is -3.14. The Morgan fingerprint density at radius 2 is 2.00 bits per heavy atom. The van der Waals surface area contributed by atoms with E-state index >= 15 is 0 Å². The number of rotatable bonds is 6. The first kappa shape index (κ1) is 13.4. The zero-order valence-corrected chi connectivity index (χ0v) is 11.8. The van der Waals surface area contributed by atoms with Crippen LogP contribution in [0.5, 0.6) is 0 Å². The molecule has 2 atom stereocenters. The summed E-state index contributed by atoms with van der Waals surface area (Å²) in [5.41, 5.74) is 0.767. The Morgan fingerprint density at radius 1 is 1.28 bits per heavy atom. The molecule has 0 amide bonds. The van der Waals surface area contributed by atoms with E-state index in [-0.39, 0.29) is 5.75 Å². The van der Waals surface area contributed by atoms with E-state index in [0.29, 0.717) is 16.9 Å². The van der Waals surface area contributed by atoms with E-state index in [1.807, 2.05) is 12.1 Å². The molecule has 3 nitrogen and oxygen atoms in total. The smallest absolute Gasteiger partial charge is 0.180 e. The Morgan fingerprint density at radius 3 is 2.67 bits per heavy atom. The van der Waals surface area contributed by atoms with Crippen molar-refractivity contribution >= 4 is 15.5 Å². The van der Waals surface area contributed by atoms with Crippen molar-refractivity contribution in [2.75, 3.05) is 11.1 Å². The molecular formula is C14H21NO2S. The van der Waals surface area contributed by atoms with Gasteiger partial charge in [0.05, 0.1) is 16.3 Å². The molecule has 0 spiro atoms. The van der Waals surface area contributed by atoms with Gasteiger partial charge in [-0.1, -0.05) is 32.4 Å². The van der Waals surface area contributed by atoms with E-state index in [1.54, 1.807) is 19.1 Å². The van der Waals surface area contributed by atoms with Crippen LogP contribution >= 0.6 is 0 Å². The second kappa shape index (κ2) is 5.31. The second-order valence-corrected chi connectivity index (χ2v) is 7.18. The van der Waals surface area contributed by atoms with Crippen molar-refractivity contribution in [2.24, 2.45) is 5.92 Å². The van der Waals surface area contributed by atoms with Gasteiger partial charge in [-0.25, -0.2) is 8.42 Å². The summed E-state index contributed by atoms with van der Waals surface area (Å²) in [5, 5.41) is 3.38. The van der Waals surface area contributed by atoms with Crippen LogP contribution in [0.1, 0.15) is 33.1 Å². The monoisotopic (exact) mass is 267 g/mol. The van der Waals surface area contributed by atoms with Crippen LogP contribution in [0.15, 0.2) is 29.2 Å². The van der Waals surface area contributed by atoms with Gasteiger partial charge < -0.3 is 5.32 Å². The van der Waals surface area contributed by atoms with Gasteiger partial charge >= 0.3 is 0 Å². The Kier molecular flexibility index (Phi) is 3.95. The van der Waals surface area contributed by atoms with Crippen molar-refractivity contribution in [2.45, 2.75) is 44.0 Å². The van der Waals surface area contributed by atoms with E-state index in [1.165, 1.54) is 12.8 Å². The topological polar surface area (TPSA) is 46.2 Å². The zero-order valence-electron chi connectivity index (χ0n) is 11.0. The molecule has 1 saturated carbocycles. The lowest BCUT2D eigenvalue weighted by Crippen LogP contribution is -2.11. The van der Waals surface area contributed by atoms with Crippen LogP contribution in [0, 0.1) is 5.92 Å². The van der Waals surface area contributed by atoms with Crippen LogP contribution in [-0.4, -0.2) is 20.2 Å². The maximum absolute atomic E-state index is 12.0. The number of sulfone groups is 1. The molecule has 1 aliphatic carbocycles. The number of anilines is 1. The lowest BCUT2D eigenvalue weighted by molar-refractivity contribution is 0.597. The quantitative estimate of drug-likeness (QED) is 0.861. The molecular weight excluding hydrogens is 246 g/mol. The Hall–Kier alpha value is -1.03. The summed E-state index contributed by atoms with van der Waals surface area (Å²) in [6.45, 7) is 3.87. The molecule has 1 aliphatic rings. The molecule has 0 heterocycles. The third-order valence-electron chi connectivity index (χ3n) is 3.53. The van der Waals surface area contributed by atoms with Gasteiger partial charge in [0.25, 0.3) is 0 Å². The first-order chi connectivity index (χ1) is 8.58. The fourth-order valence-corrected chi connectivity index (χ4v) is 3.39. The van der Waals surface area contributed by atoms with Crippen molar-refractivity contribution < 1.29 is 8.42 Å². The number of para-hydroxylation sites is 1. The summed E-state index contributed by atoms with van der Waals surface area (Å²) in [4.78, 5) is 0.439. The molecule has 2 unspecified atom stereocenters. The summed E-state index contributed by atoms with van der Waals surface area (Å²) in [5.74, 6) is 0.863. The summed E-state index contributed by atoms with van der Waals surface area (Å²) in [6, 6.07) is 7.68. The van der Waals surface area contributed by atoms with Gasteiger partial charge in [0.2, 0.25) is 0 Å². The predicted octanol–water partition coefficient (Wildman–Crippen LogP) is 3.08. The molecule has 0 radical (unpaired) electrons. The molecule has 0 bridgehead atoms. The highest BCUT2D eigenvalue weighted by Crippen LogP contribution is 2.38. The maximum atomic E-state index is 12.0. The van der Waals surface area contributed by atoms with Crippen LogP contribution in [0.3, 0.4) is 0 Å². The second-order valence-electron chi connectivity index (χ2n) is 4.93. The summed E-state index contributed by atoms with van der Waals surface area (Å²) < 4.78 is 24.0. The molecule has 0 aliphatic heterocycles. The first-order valence-electron chi connectivity index (χ1n) is 6.66. The summed E-state index contributed by atoms with van der Waals surface area (Å²) in [7, 11) is -3.14. The fraction of sp³-hybridized carbons (Fsp3) is 0.571. The van der Waals surface area contributed by atoms with Gasteiger partial charge in [-0.3, -0.25) is 0 Å². The van der Waals surface area contributed by atoms with E-state index in [4.69, 9.17) is 0 Å². The Labute approximate surface area is 110 Å². The van der Waals surface area contributed by atoms with E-state index in [2.05, 4.69) is 12.2 Å². The van der Waals surface area contributed by atoms with E-state index < -0.39 is 9.84 Å². The number of benzene rings is 1. The molecule has 1 N–H and O–H groups in total. The summed E-state index contributed by atoms with van der Waals surface area (Å²) in [6.07, 6.45) is 3.58. The molecule has 2 rings (SSSR count). The number of nitrogens with one attached hydrogen (secondary N) is 1. The van der Waals surface area contributed by atoms with Crippen molar-refractivity contribution in [1.82, 2.24) is 0 Å². The normalized spacial score (nSPS) is 22.8. The van der Waals surface area contributed by atoms with Gasteiger partial charge in [-0.2, -0.15) is 0 Å². The van der Waals surface area contributed by atoms with Crippen molar-refractivity contribution in [3.63, 3.8) is 0 Å². The molecule has 18 heavy (non-hydrogen) atoms. The van der Waals surface area contributed by atoms with E-state index in [9.17, 15) is 8.42 Å². The Balaban J connectivity index is 2.15. The SMILES string of the molecule is CCCC1CC1Nc1ccccc1S(=O)(=O)CC. The zero-order chi connectivity index (χ0) is 13.2. The van der Waals surface area contributed by atoms with Crippen molar-refractivity contribution in [1.29, 1.82) is 0 Å². The van der Waals surface area contributed by atoms with Gasteiger partial charge in [0, 0.05) is 6.04 Å². The average molecular weight is 267 g/mol. The molecule has 100 valence electrons. The third kappa shape index (κ3) is 2.86. The lowest BCUT2D eigenvalue weighted by atomic mass is 10.2. The molecule has 4 heteroatoms. The van der Waals surface area contributed by atoms with Gasteiger partial charge in [-0.15, -0.1) is 0 Å². The minimum Gasteiger partial charge on any atom is -0.381 e. The molecule has 1 aromatic rings. The first-order valence-corrected chi connectivity index (χ1v) is 8.32. The van der Waals surface area contributed by atoms with Crippen LogP contribution in [0.25, 0.3) is 0 Å². The van der Waals surface area contributed by atoms with Crippen LogP contribution in [0.2, 0.25) is 0 Å². The minimum absolute atomic E-state index is 0.148. The highest BCUT2D eigenvalue weighted by atomic mass is 32.2.